The first-order valence-electron chi connectivity index (χ1n) is 6.41. The maximum atomic E-state index is 11.1. The molecule has 4 heteroatoms. The Morgan fingerprint density at radius 3 is 2.78 bits per heavy atom. The molecular weight excluding hydrogens is 228 g/mol. The largest absolute Gasteiger partial charge is 0.493 e. The Hall–Kier alpha value is -1.55. The normalized spacial score (nSPS) is 16.5. The standard InChI is InChI=1S/C14H20N2O2/c1-10-8-12(2-3-13(10)14(15)17)18-9-11-4-6-16-7-5-11/h2-3,8,11,16H,4-7,9H2,1H3,(H2,15,17). The molecule has 98 valence electrons. The number of nitrogens with two attached hydrogens (primary N) is 1. The van der Waals surface area contributed by atoms with Crippen LogP contribution < -0.4 is 15.8 Å². The number of benzene rings is 1. The number of piperidine rings is 1. The van der Waals surface area contributed by atoms with Crippen molar-refractivity contribution in [3.8, 4) is 5.75 Å². The fourth-order valence-electron chi connectivity index (χ4n) is 2.26. The van der Waals surface area contributed by atoms with Gasteiger partial charge in [-0.2, -0.15) is 0 Å². The van der Waals surface area contributed by atoms with E-state index in [0.717, 1.165) is 31.0 Å². The summed E-state index contributed by atoms with van der Waals surface area (Å²) in [6.07, 6.45) is 2.33. The van der Waals surface area contributed by atoms with Crippen LogP contribution in [0.2, 0.25) is 0 Å². The minimum Gasteiger partial charge on any atom is -0.493 e. The highest BCUT2D eigenvalue weighted by molar-refractivity contribution is 5.94. The molecule has 0 bridgehead atoms. The van der Waals surface area contributed by atoms with Crippen LogP contribution in [0, 0.1) is 12.8 Å². The maximum Gasteiger partial charge on any atom is 0.248 e. The fraction of sp³-hybridized carbons (Fsp3) is 0.500. The van der Waals surface area contributed by atoms with Crippen LogP contribution in [0.3, 0.4) is 0 Å². The molecule has 1 amide bonds. The monoisotopic (exact) mass is 248 g/mol. The van der Waals surface area contributed by atoms with Crippen LogP contribution in [-0.4, -0.2) is 25.6 Å². The third-order valence-corrected chi connectivity index (χ3v) is 3.41. The van der Waals surface area contributed by atoms with Gasteiger partial charge in [0.1, 0.15) is 5.75 Å². The molecule has 1 aliphatic heterocycles. The lowest BCUT2D eigenvalue weighted by Gasteiger charge is -2.22. The zero-order valence-electron chi connectivity index (χ0n) is 10.7. The van der Waals surface area contributed by atoms with Crippen LogP contribution in [0.15, 0.2) is 18.2 Å². The Bertz CT molecular complexity index is 426. The number of aryl methyl sites for hydroxylation is 1. The van der Waals surface area contributed by atoms with Crippen molar-refractivity contribution in [2.75, 3.05) is 19.7 Å². The van der Waals surface area contributed by atoms with E-state index >= 15 is 0 Å². The molecule has 3 N–H and O–H groups in total. The van der Waals surface area contributed by atoms with Crippen LogP contribution >= 0.6 is 0 Å². The molecule has 1 aromatic rings. The lowest BCUT2D eigenvalue weighted by molar-refractivity contribution is 0.0999. The zero-order chi connectivity index (χ0) is 13.0. The number of rotatable bonds is 4. The summed E-state index contributed by atoms with van der Waals surface area (Å²) in [5.74, 6) is 1.05. The lowest BCUT2D eigenvalue weighted by Crippen LogP contribution is -2.30. The van der Waals surface area contributed by atoms with Crippen molar-refractivity contribution in [3.05, 3.63) is 29.3 Å². The van der Waals surface area contributed by atoms with Gasteiger partial charge >= 0.3 is 0 Å². The van der Waals surface area contributed by atoms with Crippen molar-refractivity contribution < 1.29 is 9.53 Å². The van der Waals surface area contributed by atoms with Gasteiger partial charge in [0.15, 0.2) is 0 Å². The average molecular weight is 248 g/mol. The molecule has 0 aromatic heterocycles. The van der Waals surface area contributed by atoms with E-state index in [9.17, 15) is 4.79 Å². The van der Waals surface area contributed by atoms with Gasteiger partial charge in [0.25, 0.3) is 0 Å². The molecule has 18 heavy (non-hydrogen) atoms. The Kier molecular flexibility index (Phi) is 4.20. The topological polar surface area (TPSA) is 64.3 Å². The summed E-state index contributed by atoms with van der Waals surface area (Å²) in [5.41, 5.74) is 6.69. The number of carbonyl (C=O) groups is 1. The van der Waals surface area contributed by atoms with Gasteiger partial charge in [0, 0.05) is 5.56 Å². The predicted molar refractivity (Wildman–Crippen MR) is 70.8 cm³/mol. The van der Waals surface area contributed by atoms with E-state index in [4.69, 9.17) is 10.5 Å². The van der Waals surface area contributed by atoms with Gasteiger partial charge in [0.2, 0.25) is 5.91 Å². The molecule has 0 atom stereocenters. The number of amides is 1. The lowest BCUT2D eigenvalue weighted by atomic mass is 9.99. The van der Waals surface area contributed by atoms with E-state index in [1.54, 1.807) is 6.07 Å². The molecule has 4 nitrogen and oxygen atoms in total. The van der Waals surface area contributed by atoms with Gasteiger partial charge in [-0.05, 0) is 62.5 Å². The molecule has 2 rings (SSSR count). The van der Waals surface area contributed by atoms with Crippen LogP contribution in [0.4, 0.5) is 0 Å². The summed E-state index contributed by atoms with van der Waals surface area (Å²) in [7, 11) is 0. The summed E-state index contributed by atoms with van der Waals surface area (Å²) >= 11 is 0. The Morgan fingerprint density at radius 2 is 2.17 bits per heavy atom. The number of carbonyl (C=O) groups excluding carboxylic acids is 1. The second-order valence-corrected chi connectivity index (χ2v) is 4.85. The van der Waals surface area contributed by atoms with E-state index < -0.39 is 5.91 Å². The Balaban J connectivity index is 1.93. The summed E-state index contributed by atoms with van der Waals surface area (Å²) < 4.78 is 5.78. The molecule has 0 saturated carbocycles. The Labute approximate surface area is 108 Å². The first-order chi connectivity index (χ1) is 8.66. The van der Waals surface area contributed by atoms with Crippen LogP contribution in [-0.2, 0) is 0 Å². The minimum atomic E-state index is -0.391. The van der Waals surface area contributed by atoms with Crippen molar-refractivity contribution in [1.82, 2.24) is 5.32 Å². The third-order valence-electron chi connectivity index (χ3n) is 3.41. The molecule has 0 radical (unpaired) electrons. The molecule has 0 unspecified atom stereocenters. The second kappa shape index (κ2) is 5.87. The highest BCUT2D eigenvalue weighted by Gasteiger charge is 2.14. The molecule has 1 aliphatic rings. The van der Waals surface area contributed by atoms with E-state index in [-0.39, 0.29) is 0 Å². The van der Waals surface area contributed by atoms with E-state index in [1.807, 2.05) is 19.1 Å². The zero-order valence-corrected chi connectivity index (χ0v) is 10.7. The highest BCUT2D eigenvalue weighted by atomic mass is 16.5. The van der Waals surface area contributed by atoms with Crippen LogP contribution in [0.5, 0.6) is 5.75 Å². The average Bonchev–Trinajstić information content (AvgIpc) is 2.37. The van der Waals surface area contributed by atoms with Gasteiger partial charge in [0.05, 0.1) is 6.61 Å². The van der Waals surface area contributed by atoms with Gasteiger partial charge in [-0.3, -0.25) is 4.79 Å². The minimum absolute atomic E-state index is 0.391. The highest BCUT2D eigenvalue weighted by Crippen LogP contribution is 2.19. The summed E-state index contributed by atoms with van der Waals surface area (Å²) in [6.45, 7) is 4.77. The van der Waals surface area contributed by atoms with Crippen LogP contribution in [0.25, 0.3) is 0 Å². The van der Waals surface area contributed by atoms with E-state index in [2.05, 4.69) is 5.32 Å². The van der Waals surface area contributed by atoms with E-state index in [0.29, 0.717) is 11.5 Å². The van der Waals surface area contributed by atoms with Gasteiger partial charge in [-0.1, -0.05) is 0 Å². The molecule has 1 fully saturated rings. The number of primary amides is 1. The van der Waals surface area contributed by atoms with Crippen molar-refractivity contribution >= 4 is 5.91 Å². The van der Waals surface area contributed by atoms with Gasteiger partial charge in [-0.25, -0.2) is 0 Å². The maximum absolute atomic E-state index is 11.1. The number of nitrogens with one attached hydrogen (secondary N) is 1. The van der Waals surface area contributed by atoms with E-state index in [1.165, 1.54) is 12.8 Å². The molecule has 0 spiro atoms. The molecular formula is C14H20N2O2. The van der Waals surface area contributed by atoms with Crippen molar-refractivity contribution in [3.63, 3.8) is 0 Å². The molecule has 1 aromatic carbocycles. The summed E-state index contributed by atoms with van der Waals surface area (Å²) in [4.78, 5) is 11.1. The van der Waals surface area contributed by atoms with Crippen LogP contribution in [0.1, 0.15) is 28.8 Å². The van der Waals surface area contributed by atoms with Crippen molar-refractivity contribution in [2.45, 2.75) is 19.8 Å². The smallest absolute Gasteiger partial charge is 0.248 e. The molecule has 1 heterocycles. The van der Waals surface area contributed by atoms with Crippen molar-refractivity contribution in [1.29, 1.82) is 0 Å². The predicted octanol–water partition coefficient (Wildman–Crippen LogP) is 1.47. The first kappa shape index (κ1) is 12.9. The molecule has 0 aliphatic carbocycles. The fourth-order valence-corrected chi connectivity index (χ4v) is 2.26. The third kappa shape index (κ3) is 3.23. The quantitative estimate of drug-likeness (QED) is 0.848. The van der Waals surface area contributed by atoms with Gasteiger partial charge < -0.3 is 15.8 Å². The number of hydrogen-bond acceptors (Lipinski definition) is 3. The Morgan fingerprint density at radius 1 is 1.44 bits per heavy atom. The SMILES string of the molecule is Cc1cc(OCC2CCNCC2)ccc1C(N)=O. The summed E-state index contributed by atoms with van der Waals surface area (Å²) in [6, 6.07) is 5.42. The number of hydrogen-bond donors (Lipinski definition) is 2. The summed E-state index contributed by atoms with van der Waals surface area (Å²) in [5, 5.41) is 3.34. The molecule has 1 saturated heterocycles. The van der Waals surface area contributed by atoms with Crippen molar-refractivity contribution in [2.24, 2.45) is 11.7 Å². The first-order valence-corrected chi connectivity index (χ1v) is 6.41. The second-order valence-electron chi connectivity index (χ2n) is 4.85. The number of ether oxygens (including phenoxy) is 1. The van der Waals surface area contributed by atoms with Gasteiger partial charge in [-0.15, -0.1) is 0 Å².